The molecule has 1 aliphatic heterocycles. The highest BCUT2D eigenvalue weighted by Gasteiger charge is 2.19. The molecule has 2 unspecified atom stereocenters. The molecule has 2 atom stereocenters. The highest BCUT2D eigenvalue weighted by Crippen LogP contribution is 2.13. The number of hydrogen-bond donors (Lipinski definition) is 1. The molecule has 1 heterocycles. The highest BCUT2D eigenvalue weighted by molar-refractivity contribution is 5.76. The molecule has 0 aromatic heterocycles. The molecule has 100 valence electrons. The zero-order valence-electron chi connectivity index (χ0n) is 11.2. The molecular formula is C13H26N2O2. The number of hydrogen-bond acceptors (Lipinski definition) is 3. The van der Waals surface area contributed by atoms with Gasteiger partial charge in [-0.2, -0.15) is 0 Å². The van der Waals surface area contributed by atoms with Gasteiger partial charge in [0, 0.05) is 26.1 Å². The van der Waals surface area contributed by atoms with E-state index >= 15 is 0 Å². The average Bonchev–Trinajstić information content (AvgIpc) is 2.51. The summed E-state index contributed by atoms with van der Waals surface area (Å²) in [5.74, 6) is 0.816. The molecule has 1 rings (SSSR count). The number of ether oxygens (including phenoxy) is 1. The van der Waals surface area contributed by atoms with Crippen LogP contribution in [0.15, 0.2) is 0 Å². The molecule has 0 radical (unpaired) electrons. The summed E-state index contributed by atoms with van der Waals surface area (Å²) < 4.78 is 5.54. The van der Waals surface area contributed by atoms with Gasteiger partial charge in [-0.15, -0.1) is 0 Å². The lowest BCUT2D eigenvalue weighted by Crippen LogP contribution is -2.36. The first-order valence-corrected chi connectivity index (χ1v) is 6.73. The van der Waals surface area contributed by atoms with Crippen molar-refractivity contribution in [3.8, 4) is 0 Å². The van der Waals surface area contributed by atoms with Crippen molar-refractivity contribution in [1.29, 1.82) is 0 Å². The van der Waals surface area contributed by atoms with Crippen molar-refractivity contribution in [2.24, 2.45) is 11.7 Å². The molecule has 17 heavy (non-hydrogen) atoms. The van der Waals surface area contributed by atoms with Crippen molar-refractivity contribution in [3.05, 3.63) is 0 Å². The van der Waals surface area contributed by atoms with E-state index in [0.717, 1.165) is 39.0 Å². The first-order chi connectivity index (χ1) is 8.13. The van der Waals surface area contributed by atoms with Crippen LogP contribution in [0, 0.1) is 5.92 Å². The average molecular weight is 242 g/mol. The van der Waals surface area contributed by atoms with Crippen LogP contribution in [0.5, 0.6) is 0 Å². The standard InChI is InChI=1S/C13H26N2O2/c1-11(6-7-14)4-5-13(16)15-8-3-9-17-12(2)10-15/h11-12H,3-10,14H2,1-2H3. The van der Waals surface area contributed by atoms with Gasteiger partial charge in [-0.3, -0.25) is 4.79 Å². The van der Waals surface area contributed by atoms with Crippen LogP contribution < -0.4 is 5.73 Å². The Bertz CT molecular complexity index is 233. The number of amides is 1. The van der Waals surface area contributed by atoms with Crippen molar-refractivity contribution in [3.63, 3.8) is 0 Å². The van der Waals surface area contributed by atoms with E-state index in [1.54, 1.807) is 0 Å². The summed E-state index contributed by atoms with van der Waals surface area (Å²) in [6, 6.07) is 0. The Morgan fingerprint density at radius 1 is 1.53 bits per heavy atom. The summed E-state index contributed by atoms with van der Waals surface area (Å²) in [4.78, 5) is 14.0. The highest BCUT2D eigenvalue weighted by atomic mass is 16.5. The first-order valence-electron chi connectivity index (χ1n) is 6.73. The summed E-state index contributed by atoms with van der Waals surface area (Å²) >= 11 is 0. The molecule has 2 N–H and O–H groups in total. The van der Waals surface area contributed by atoms with Gasteiger partial charge in [-0.05, 0) is 38.6 Å². The second-order valence-electron chi connectivity index (χ2n) is 5.10. The van der Waals surface area contributed by atoms with Crippen LogP contribution in [0.4, 0.5) is 0 Å². The predicted octanol–water partition coefficient (Wildman–Crippen LogP) is 1.39. The minimum absolute atomic E-state index is 0.169. The normalized spacial score (nSPS) is 23.2. The van der Waals surface area contributed by atoms with E-state index in [2.05, 4.69) is 6.92 Å². The Kier molecular flexibility index (Phi) is 6.52. The zero-order chi connectivity index (χ0) is 12.7. The largest absolute Gasteiger partial charge is 0.377 e. The Hall–Kier alpha value is -0.610. The molecule has 1 saturated heterocycles. The number of nitrogens with zero attached hydrogens (tertiary/aromatic N) is 1. The molecule has 0 spiro atoms. The van der Waals surface area contributed by atoms with Crippen molar-refractivity contribution in [2.45, 2.75) is 45.6 Å². The minimum atomic E-state index is 0.169. The summed E-state index contributed by atoms with van der Waals surface area (Å²) in [7, 11) is 0. The molecule has 0 aromatic carbocycles. The van der Waals surface area contributed by atoms with E-state index < -0.39 is 0 Å². The SMILES string of the molecule is CC(CCN)CCC(=O)N1CCCOC(C)C1. The maximum atomic E-state index is 12.0. The van der Waals surface area contributed by atoms with Crippen LogP contribution in [0.1, 0.15) is 39.5 Å². The van der Waals surface area contributed by atoms with Gasteiger partial charge in [0.1, 0.15) is 0 Å². The van der Waals surface area contributed by atoms with Gasteiger partial charge < -0.3 is 15.4 Å². The van der Waals surface area contributed by atoms with E-state index in [1.807, 2.05) is 11.8 Å². The quantitative estimate of drug-likeness (QED) is 0.792. The first kappa shape index (κ1) is 14.5. The van der Waals surface area contributed by atoms with Crippen LogP contribution in [-0.4, -0.2) is 43.2 Å². The fraction of sp³-hybridized carbons (Fsp3) is 0.923. The molecule has 0 aromatic rings. The maximum Gasteiger partial charge on any atom is 0.222 e. The lowest BCUT2D eigenvalue weighted by Gasteiger charge is -2.22. The van der Waals surface area contributed by atoms with Crippen LogP contribution in [0.3, 0.4) is 0 Å². The number of nitrogens with two attached hydrogens (primary N) is 1. The molecule has 1 amide bonds. The Balaban J connectivity index is 2.30. The van der Waals surface area contributed by atoms with Gasteiger partial charge in [0.15, 0.2) is 0 Å². The van der Waals surface area contributed by atoms with Crippen LogP contribution >= 0.6 is 0 Å². The smallest absolute Gasteiger partial charge is 0.222 e. The Labute approximate surface area is 104 Å². The van der Waals surface area contributed by atoms with Gasteiger partial charge in [0.25, 0.3) is 0 Å². The molecule has 0 bridgehead atoms. The summed E-state index contributed by atoms with van der Waals surface area (Å²) in [5.41, 5.74) is 5.51. The lowest BCUT2D eigenvalue weighted by atomic mass is 10.0. The monoisotopic (exact) mass is 242 g/mol. The third kappa shape index (κ3) is 5.50. The molecule has 1 aliphatic rings. The lowest BCUT2D eigenvalue weighted by molar-refractivity contribution is -0.132. The van der Waals surface area contributed by atoms with Gasteiger partial charge in [0.05, 0.1) is 6.10 Å². The summed E-state index contributed by atoms with van der Waals surface area (Å²) in [6.45, 7) is 7.26. The Morgan fingerprint density at radius 2 is 2.29 bits per heavy atom. The van der Waals surface area contributed by atoms with Gasteiger partial charge in [-0.25, -0.2) is 0 Å². The van der Waals surface area contributed by atoms with E-state index in [-0.39, 0.29) is 12.0 Å². The number of rotatable bonds is 5. The third-order valence-corrected chi connectivity index (χ3v) is 3.32. The predicted molar refractivity (Wildman–Crippen MR) is 68.7 cm³/mol. The van der Waals surface area contributed by atoms with E-state index in [0.29, 0.717) is 18.9 Å². The minimum Gasteiger partial charge on any atom is -0.377 e. The second kappa shape index (κ2) is 7.67. The van der Waals surface area contributed by atoms with Crippen LogP contribution in [0.25, 0.3) is 0 Å². The topological polar surface area (TPSA) is 55.6 Å². The molecule has 1 fully saturated rings. The van der Waals surface area contributed by atoms with Crippen molar-refractivity contribution >= 4 is 5.91 Å². The molecule has 4 nitrogen and oxygen atoms in total. The number of carbonyl (C=O) groups excluding carboxylic acids is 1. The van der Waals surface area contributed by atoms with Crippen molar-refractivity contribution < 1.29 is 9.53 Å². The Morgan fingerprint density at radius 3 is 3.00 bits per heavy atom. The van der Waals surface area contributed by atoms with Gasteiger partial charge >= 0.3 is 0 Å². The second-order valence-corrected chi connectivity index (χ2v) is 5.10. The number of carbonyl (C=O) groups is 1. The fourth-order valence-corrected chi connectivity index (χ4v) is 2.18. The van der Waals surface area contributed by atoms with E-state index in [9.17, 15) is 4.79 Å². The zero-order valence-corrected chi connectivity index (χ0v) is 11.2. The van der Waals surface area contributed by atoms with Crippen molar-refractivity contribution in [1.82, 2.24) is 4.90 Å². The summed E-state index contributed by atoms with van der Waals surface area (Å²) in [5, 5.41) is 0. The molecule has 0 aliphatic carbocycles. The fourth-order valence-electron chi connectivity index (χ4n) is 2.18. The van der Waals surface area contributed by atoms with E-state index in [4.69, 9.17) is 10.5 Å². The third-order valence-electron chi connectivity index (χ3n) is 3.32. The van der Waals surface area contributed by atoms with E-state index in [1.165, 1.54) is 0 Å². The van der Waals surface area contributed by atoms with Gasteiger partial charge in [0.2, 0.25) is 5.91 Å². The van der Waals surface area contributed by atoms with Crippen LogP contribution in [-0.2, 0) is 9.53 Å². The molecule has 0 saturated carbocycles. The molecular weight excluding hydrogens is 216 g/mol. The van der Waals surface area contributed by atoms with Crippen molar-refractivity contribution in [2.75, 3.05) is 26.2 Å². The molecule has 4 heteroatoms. The van der Waals surface area contributed by atoms with Gasteiger partial charge in [-0.1, -0.05) is 6.92 Å². The maximum absolute atomic E-state index is 12.0. The summed E-state index contributed by atoms with van der Waals surface area (Å²) in [6.07, 6.45) is 3.72. The van der Waals surface area contributed by atoms with Crippen LogP contribution in [0.2, 0.25) is 0 Å².